The van der Waals surface area contributed by atoms with Gasteiger partial charge >= 0.3 is 0 Å². The summed E-state index contributed by atoms with van der Waals surface area (Å²) < 4.78 is 0. The maximum Gasteiger partial charge on any atom is 0.244 e. The second kappa shape index (κ2) is 10.8. The monoisotopic (exact) mass is 553 g/mol. The minimum Gasteiger partial charge on any atom is -0.367 e. The Labute approximate surface area is 237 Å². The largest absolute Gasteiger partial charge is 0.367 e. The lowest BCUT2D eigenvalue weighted by atomic mass is 9.87. The number of carbonyl (C=O) groups excluding carboxylic acids is 2. The number of aryl methyl sites for hydroxylation is 1. The van der Waals surface area contributed by atoms with Gasteiger partial charge in [-0.1, -0.05) is 5.92 Å². The molecule has 2 aliphatic heterocycles. The number of amides is 2. The van der Waals surface area contributed by atoms with Gasteiger partial charge in [0, 0.05) is 78.9 Å². The van der Waals surface area contributed by atoms with Crippen LogP contribution < -0.4 is 10.2 Å². The number of anilines is 2. The van der Waals surface area contributed by atoms with Gasteiger partial charge in [-0.3, -0.25) is 24.6 Å². The van der Waals surface area contributed by atoms with E-state index >= 15 is 0 Å². The molecule has 9 nitrogen and oxygen atoms in total. The van der Waals surface area contributed by atoms with Gasteiger partial charge in [0.05, 0.1) is 12.1 Å². The number of pyridine rings is 1. The van der Waals surface area contributed by atoms with Gasteiger partial charge in [0.1, 0.15) is 11.1 Å². The van der Waals surface area contributed by atoms with E-state index in [1.54, 1.807) is 17.5 Å². The van der Waals surface area contributed by atoms with Crippen LogP contribution in [0, 0.1) is 24.7 Å². The first kappa shape index (κ1) is 26.0. The first-order chi connectivity index (χ1) is 19.4. The molecule has 2 saturated heterocycles. The SMILES string of the molecule is C#CC1(C(=O)Nc2ccc3[nH]nc(-c4ccnc(C)c4)c3c2)CCN(CC(=O)N2CCN(c3ccsc3)CC2)C1. The summed E-state index contributed by atoms with van der Waals surface area (Å²) >= 11 is 1.68. The number of terminal acetylenes is 1. The molecule has 40 heavy (non-hydrogen) atoms. The van der Waals surface area contributed by atoms with Crippen molar-refractivity contribution in [2.75, 3.05) is 56.0 Å². The van der Waals surface area contributed by atoms with Crippen molar-refractivity contribution in [3.8, 4) is 23.6 Å². The summed E-state index contributed by atoms with van der Waals surface area (Å²) in [6.45, 7) is 6.20. The Kier molecular flexibility index (Phi) is 7.00. The van der Waals surface area contributed by atoms with Crippen molar-refractivity contribution in [2.45, 2.75) is 13.3 Å². The third-order valence-corrected chi connectivity index (χ3v) is 8.58. The number of carbonyl (C=O) groups is 2. The number of nitrogens with one attached hydrogen (secondary N) is 2. The van der Waals surface area contributed by atoms with Crippen molar-refractivity contribution in [2.24, 2.45) is 5.41 Å². The molecular weight excluding hydrogens is 522 g/mol. The fraction of sp³-hybridized carbons (Fsp3) is 0.333. The number of aromatic nitrogens is 3. The number of fused-ring (bicyclic) bond motifs is 1. The predicted octanol–water partition coefficient (Wildman–Crippen LogP) is 3.61. The summed E-state index contributed by atoms with van der Waals surface area (Å²) in [5, 5.41) is 15.7. The standard InChI is InChI=1S/C30H31N7O2S/c1-3-30(8-10-35(20-30)18-27(38)37-13-11-36(12-14-37)24-7-15-40-19-24)29(39)32-23-4-5-26-25(17-23)28(34-33-26)22-6-9-31-21(2)16-22/h1,4-7,9,15-17,19H,8,10-14,18,20H2,2H3,(H,32,39)(H,33,34). The van der Waals surface area contributed by atoms with E-state index < -0.39 is 5.41 Å². The van der Waals surface area contributed by atoms with Crippen molar-refractivity contribution in [3.05, 3.63) is 59.0 Å². The summed E-state index contributed by atoms with van der Waals surface area (Å²) in [5.74, 6) is 2.63. The number of rotatable bonds is 6. The highest BCUT2D eigenvalue weighted by Gasteiger charge is 2.44. The second-order valence-electron chi connectivity index (χ2n) is 10.5. The van der Waals surface area contributed by atoms with Crippen LogP contribution in [-0.2, 0) is 9.59 Å². The lowest BCUT2D eigenvalue weighted by Gasteiger charge is -2.36. The third-order valence-electron chi connectivity index (χ3n) is 7.91. The summed E-state index contributed by atoms with van der Waals surface area (Å²) in [5.41, 5.74) is 4.40. The van der Waals surface area contributed by atoms with Crippen LogP contribution in [0.2, 0.25) is 0 Å². The molecule has 1 atom stereocenters. The highest BCUT2D eigenvalue weighted by Crippen LogP contribution is 2.33. The molecule has 0 radical (unpaired) electrons. The first-order valence-corrected chi connectivity index (χ1v) is 14.4. The number of hydrogen-bond acceptors (Lipinski definition) is 7. The number of thiophene rings is 1. The van der Waals surface area contributed by atoms with Gasteiger partial charge in [0.2, 0.25) is 11.8 Å². The van der Waals surface area contributed by atoms with E-state index in [0.717, 1.165) is 40.9 Å². The Morgan fingerprint density at radius 2 is 2.00 bits per heavy atom. The number of nitrogens with zero attached hydrogens (tertiary/aromatic N) is 5. The Balaban J connectivity index is 1.09. The Morgan fingerprint density at radius 3 is 2.75 bits per heavy atom. The number of aromatic amines is 1. The summed E-state index contributed by atoms with van der Waals surface area (Å²) in [6.07, 6.45) is 8.21. The smallest absolute Gasteiger partial charge is 0.244 e. The van der Waals surface area contributed by atoms with Crippen LogP contribution in [0.4, 0.5) is 11.4 Å². The molecule has 4 aromatic rings. The zero-order chi connectivity index (χ0) is 27.7. The minimum absolute atomic E-state index is 0.0856. The molecule has 1 unspecified atom stereocenters. The van der Waals surface area contributed by atoms with Crippen LogP contribution in [0.25, 0.3) is 22.2 Å². The van der Waals surface area contributed by atoms with Gasteiger partial charge in [0.25, 0.3) is 0 Å². The number of benzene rings is 1. The minimum atomic E-state index is -0.992. The molecule has 3 aromatic heterocycles. The molecule has 0 aliphatic carbocycles. The fourth-order valence-corrected chi connectivity index (χ4v) is 6.25. The lowest BCUT2D eigenvalue weighted by molar-refractivity contribution is -0.133. The van der Waals surface area contributed by atoms with Gasteiger partial charge < -0.3 is 15.1 Å². The van der Waals surface area contributed by atoms with E-state index in [1.807, 2.05) is 47.1 Å². The molecule has 6 rings (SSSR count). The topological polar surface area (TPSA) is 97.5 Å². The average Bonchev–Trinajstić information content (AvgIpc) is 3.73. The highest BCUT2D eigenvalue weighted by molar-refractivity contribution is 7.08. The molecule has 0 bridgehead atoms. The molecule has 0 spiro atoms. The van der Waals surface area contributed by atoms with E-state index in [-0.39, 0.29) is 18.4 Å². The quantitative estimate of drug-likeness (QED) is 0.354. The lowest BCUT2D eigenvalue weighted by Crippen LogP contribution is -2.51. The maximum atomic E-state index is 13.5. The molecule has 204 valence electrons. The van der Waals surface area contributed by atoms with E-state index in [2.05, 4.69) is 48.1 Å². The number of likely N-dealkylation sites (tertiary alicyclic amines) is 1. The van der Waals surface area contributed by atoms with Gasteiger partial charge in [-0.05, 0) is 55.1 Å². The normalized spacial score (nSPS) is 19.6. The van der Waals surface area contributed by atoms with Crippen LogP contribution in [0.1, 0.15) is 12.1 Å². The molecule has 5 heterocycles. The molecule has 2 N–H and O–H groups in total. The van der Waals surface area contributed by atoms with Crippen LogP contribution in [-0.4, -0.2) is 82.6 Å². The zero-order valence-electron chi connectivity index (χ0n) is 22.4. The number of H-pyrrole nitrogens is 1. The van der Waals surface area contributed by atoms with E-state index in [0.29, 0.717) is 38.3 Å². The van der Waals surface area contributed by atoms with Crippen molar-refractivity contribution >= 4 is 45.4 Å². The van der Waals surface area contributed by atoms with Gasteiger partial charge in [-0.25, -0.2) is 0 Å². The number of piperazine rings is 1. The summed E-state index contributed by atoms with van der Waals surface area (Å²) in [7, 11) is 0. The highest BCUT2D eigenvalue weighted by atomic mass is 32.1. The van der Waals surface area contributed by atoms with E-state index in [1.165, 1.54) is 5.69 Å². The van der Waals surface area contributed by atoms with Crippen molar-refractivity contribution in [1.82, 2.24) is 25.0 Å². The molecule has 2 amide bonds. The fourth-order valence-electron chi connectivity index (χ4n) is 5.59. The third kappa shape index (κ3) is 5.06. The molecule has 2 fully saturated rings. The van der Waals surface area contributed by atoms with E-state index in [4.69, 9.17) is 6.42 Å². The zero-order valence-corrected chi connectivity index (χ0v) is 23.2. The Hall–Kier alpha value is -4.20. The van der Waals surface area contributed by atoms with Crippen LogP contribution in [0.15, 0.2) is 53.4 Å². The van der Waals surface area contributed by atoms with Crippen molar-refractivity contribution in [3.63, 3.8) is 0 Å². The number of hydrogen-bond donors (Lipinski definition) is 2. The maximum absolute atomic E-state index is 13.5. The van der Waals surface area contributed by atoms with Gasteiger partial charge in [-0.2, -0.15) is 16.4 Å². The predicted molar refractivity (Wildman–Crippen MR) is 158 cm³/mol. The van der Waals surface area contributed by atoms with Crippen LogP contribution in [0.5, 0.6) is 0 Å². The van der Waals surface area contributed by atoms with Crippen molar-refractivity contribution < 1.29 is 9.59 Å². The molecule has 1 aromatic carbocycles. The van der Waals surface area contributed by atoms with E-state index in [9.17, 15) is 9.59 Å². The second-order valence-corrected chi connectivity index (χ2v) is 11.3. The molecule has 10 heteroatoms. The van der Waals surface area contributed by atoms with Crippen molar-refractivity contribution in [1.29, 1.82) is 0 Å². The Morgan fingerprint density at radius 1 is 1.15 bits per heavy atom. The van der Waals surface area contributed by atoms with Gasteiger partial charge in [-0.15, -0.1) is 6.42 Å². The summed E-state index contributed by atoms with van der Waals surface area (Å²) in [6, 6.07) is 11.7. The summed E-state index contributed by atoms with van der Waals surface area (Å²) in [4.78, 5) is 37.1. The average molecular weight is 554 g/mol. The first-order valence-electron chi connectivity index (χ1n) is 13.4. The van der Waals surface area contributed by atoms with Crippen LogP contribution in [0.3, 0.4) is 0 Å². The molecule has 0 saturated carbocycles. The van der Waals surface area contributed by atoms with Crippen LogP contribution >= 0.6 is 11.3 Å². The van der Waals surface area contributed by atoms with Gasteiger partial charge in [0.15, 0.2) is 0 Å². The molecular formula is C30H31N7O2S. The Bertz CT molecular complexity index is 1580. The molecule has 2 aliphatic rings.